The van der Waals surface area contributed by atoms with E-state index in [1.165, 1.54) is 44.9 Å². The van der Waals surface area contributed by atoms with Crippen LogP contribution in [0, 0.1) is 6.92 Å². The Morgan fingerprint density at radius 3 is 2.20 bits per heavy atom. The highest BCUT2D eigenvalue weighted by Crippen LogP contribution is 2.22. The summed E-state index contributed by atoms with van der Waals surface area (Å²) in [5, 5.41) is 11.8. The molecule has 0 radical (unpaired) electrons. The molecule has 0 bridgehead atoms. The molecule has 0 fully saturated rings. The number of halogens is 1. The minimum atomic E-state index is -0.103. The van der Waals surface area contributed by atoms with Crippen LogP contribution in [-0.2, 0) is 6.42 Å². The summed E-state index contributed by atoms with van der Waals surface area (Å²) in [6, 6.07) is 13.5. The number of thiocarbonyl (C=S) groups is 1. The van der Waals surface area contributed by atoms with Crippen molar-refractivity contribution in [2.24, 2.45) is 0 Å². The number of amidine groups is 1. The van der Waals surface area contributed by atoms with Crippen LogP contribution in [0.2, 0.25) is 5.02 Å². The van der Waals surface area contributed by atoms with Gasteiger partial charge < -0.3 is 5.32 Å². The van der Waals surface area contributed by atoms with Crippen molar-refractivity contribution in [2.45, 2.75) is 98.3 Å². The van der Waals surface area contributed by atoms with E-state index in [0.717, 1.165) is 59.2 Å². The zero-order chi connectivity index (χ0) is 29.9. The lowest BCUT2D eigenvalue weighted by molar-refractivity contribution is -0.423. The highest BCUT2D eigenvalue weighted by molar-refractivity contribution is 8.13. The fraction of sp³-hybridized carbons (Fsp3) is 0.545. The molecule has 0 saturated carbocycles. The molecule has 0 spiro atoms. The minimum absolute atomic E-state index is 0.103. The second-order valence-electron chi connectivity index (χ2n) is 10.5. The van der Waals surface area contributed by atoms with Gasteiger partial charge in [-0.15, -0.1) is 0 Å². The van der Waals surface area contributed by atoms with Gasteiger partial charge >= 0.3 is 6.03 Å². The third-order valence-electron chi connectivity index (χ3n) is 6.85. The highest BCUT2D eigenvalue weighted by Gasteiger charge is 2.21. The molecule has 0 atom stereocenters. The third kappa shape index (κ3) is 14.1. The summed E-state index contributed by atoms with van der Waals surface area (Å²) in [7, 11) is 0. The van der Waals surface area contributed by atoms with Crippen molar-refractivity contribution in [3.8, 4) is 0 Å². The van der Waals surface area contributed by atoms with Crippen LogP contribution >= 0.6 is 35.6 Å². The number of hydrogen-bond donors (Lipinski definition) is 3. The average Bonchev–Trinajstić information content (AvgIpc) is 2.95. The lowest BCUT2D eigenvalue weighted by Crippen LogP contribution is -2.38. The van der Waals surface area contributed by atoms with E-state index >= 15 is 0 Å². The highest BCUT2D eigenvalue weighted by atomic mass is 35.5. The van der Waals surface area contributed by atoms with Crippen molar-refractivity contribution in [3.05, 3.63) is 58.6 Å². The molecule has 0 saturated heterocycles. The average molecular weight is 618 g/mol. The van der Waals surface area contributed by atoms with Crippen molar-refractivity contribution in [1.29, 1.82) is 0 Å². The van der Waals surface area contributed by atoms with E-state index in [1.807, 2.05) is 54.0 Å². The van der Waals surface area contributed by atoms with Crippen LogP contribution in [0.15, 0.2) is 42.5 Å². The van der Waals surface area contributed by atoms with Crippen LogP contribution in [0.3, 0.4) is 0 Å². The molecule has 0 unspecified atom stereocenters. The smallest absolute Gasteiger partial charge is 0.349 e. The number of nitrogens with zero attached hydrogens (tertiary/aromatic N) is 1. The first-order valence-corrected chi connectivity index (χ1v) is 17.1. The van der Waals surface area contributed by atoms with E-state index in [0.29, 0.717) is 23.0 Å². The van der Waals surface area contributed by atoms with Gasteiger partial charge in [-0.05, 0) is 49.1 Å². The molecule has 2 amide bonds. The summed E-state index contributed by atoms with van der Waals surface area (Å²) in [6.07, 6.45) is 12.5. The monoisotopic (exact) mass is 617 g/mol. The summed E-state index contributed by atoms with van der Waals surface area (Å²) in [5.74, 6) is 0.904. The van der Waals surface area contributed by atoms with E-state index < -0.39 is 0 Å². The Kier molecular flexibility index (Phi) is 17.8. The van der Waals surface area contributed by atoms with Crippen molar-refractivity contribution >= 4 is 63.1 Å². The predicted molar refractivity (Wildman–Crippen MR) is 185 cm³/mol. The number of hydrogen-bond acceptors (Lipinski definition) is 3. The molecule has 8 heteroatoms. The molecule has 0 aliphatic carbocycles. The fourth-order valence-corrected chi connectivity index (χ4v) is 5.67. The number of urea groups is 1. The molecule has 2 aromatic carbocycles. The first kappa shape index (κ1) is 35.1. The van der Waals surface area contributed by atoms with E-state index in [-0.39, 0.29) is 6.03 Å². The maximum absolute atomic E-state index is 13.7. The summed E-state index contributed by atoms with van der Waals surface area (Å²) in [4.78, 5) is 14.4. The number of amides is 2. The third-order valence-corrected chi connectivity index (χ3v) is 8.28. The Hall–Kier alpha value is -2.09. The van der Waals surface area contributed by atoms with Crippen LogP contribution in [0.5, 0.6) is 0 Å². The van der Waals surface area contributed by atoms with Gasteiger partial charge in [0.1, 0.15) is 5.69 Å². The first-order valence-electron chi connectivity index (χ1n) is 15.3. The normalized spacial score (nSPS) is 11.6. The SMILES string of the molecule is CCCCCCCNC(SCC)=[N+](CCCCCCC)C(=O)Nc1ccc(C)c(NC(=S)Cc2ccc(Cl)cc2)c1. The number of benzene rings is 2. The Bertz CT molecular complexity index is 1100. The summed E-state index contributed by atoms with van der Waals surface area (Å²) in [6.45, 7) is 10.2. The second-order valence-corrected chi connectivity index (χ2v) is 12.6. The first-order chi connectivity index (χ1) is 19.9. The van der Waals surface area contributed by atoms with E-state index in [9.17, 15) is 4.79 Å². The van der Waals surface area contributed by atoms with Gasteiger partial charge in [-0.1, -0.05) is 126 Å². The van der Waals surface area contributed by atoms with Gasteiger partial charge in [-0.2, -0.15) is 4.58 Å². The van der Waals surface area contributed by atoms with E-state index in [1.54, 1.807) is 11.8 Å². The standard InChI is InChI=1S/C33H49ClN4OS2/c1-5-8-10-12-14-22-35-33(41-7-3)38(23-15-13-11-9-6-2)32(39)36-29-21-16-26(4)30(25-29)37-31(40)24-27-17-19-28(34)20-18-27/h16-21,25H,5-15,22-24H2,1-4H3,(H2,36,37,39,40)/p+1. The van der Waals surface area contributed by atoms with Crippen molar-refractivity contribution in [2.75, 3.05) is 29.5 Å². The zero-order valence-electron chi connectivity index (χ0n) is 25.5. The molecular weight excluding hydrogens is 568 g/mol. The van der Waals surface area contributed by atoms with Gasteiger partial charge in [-0.3, -0.25) is 5.32 Å². The molecule has 226 valence electrons. The predicted octanol–water partition coefficient (Wildman–Crippen LogP) is 9.81. The number of aryl methyl sites for hydroxylation is 1. The molecule has 3 N–H and O–H groups in total. The number of carbonyl (C=O) groups excluding carboxylic acids is 1. The summed E-state index contributed by atoms with van der Waals surface area (Å²) in [5.41, 5.74) is 3.80. The molecule has 5 nitrogen and oxygen atoms in total. The number of rotatable bonds is 17. The van der Waals surface area contributed by atoms with Crippen LogP contribution in [0.25, 0.3) is 0 Å². The van der Waals surface area contributed by atoms with E-state index in [2.05, 4.69) is 36.7 Å². The van der Waals surface area contributed by atoms with Crippen molar-refractivity contribution in [3.63, 3.8) is 0 Å². The Morgan fingerprint density at radius 2 is 1.54 bits per heavy atom. The molecule has 41 heavy (non-hydrogen) atoms. The Labute approximate surface area is 263 Å². The van der Waals surface area contributed by atoms with Crippen LogP contribution in [0.1, 0.15) is 96.1 Å². The number of unbranched alkanes of at least 4 members (excludes halogenated alkanes) is 8. The number of nitrogens with one attached hydrogen (secondary N) is 3. The van der Waals surface area contributed by atoms with Crippen LogP contribution in [0.4, 0.5) is 16.2 Å². The van der Waals surface area contributed by atoms with E-state index in [4.69, 9.17) is 23.8 Å². The molecule has 0 aliphatic heterocycles. The topological polar surface area (TPSA) is 56.2 Å². The fourth-order valence-electron chi connectivity index (χ4n) is 4.46. The quantitative estimate of drug-likeness (QED) is 0.0542. The number of anilines is 2. The lowest BCUT2D eigenvalue weighted by Gasteiger charge is -2.15. The van der Waals surface area contributed by atoms with Crippen LogP contribution in [-0.4, -0.2) is 39.6 Å². The Balaban J connectivity index is 2.14. The molecule has 2 rings (SSSR count). The molecular formula is C33H50ClN4OS2+. The van der Waals surface area contributed by atoms with Crippen molar-refractivity contribution < 1.29 is 9.37 Å². The Morgan fingerprint density at radius 1 is 0.878 bits per heavy atom. The van der Waals surface area contributed by atoms with Gasteiger partial charge in [0.15, 0.2) is 0 Å². The largest absolute Gasteiger partial charge is 0.441 e. The second kappa shape index (κ2) is 20.7. The molecule has 2 aromatic rings. The summed E-state index contributed by atoms with van der Waals surface area (Å²) >= 11 is 13.4. The maximum Gasteiger partial charge on any atom is 0.441 e. The molecule has 0 heterocycles. The lowest BCUT2D eigenvalue weighted by atomic mass is 10.1. The minimum Gasteiger partial charge on any atom is -0.349 e. The molecule has 0 aromatic heterocycles. The van der Waals surface area contributed by atoms with Gasteiger partial charge in [-0.25, -0.2) is 10.1 Å². The number of carbonyl (C=O) groups is 1. The van der Waals surface area contributed by atoms with Gasteiger partial charge in [0, 0.05) is 29.0 Å². The zero-order valence-corrected chi connectivity index (χ0v) is 27.9. The van der Waals surface area contributed by atoms with Gasteiger partial charge in [0.05, 0.1) is 18.1 Å². The van der Waals surface area contributed by atoms with Gasteiger partial charge in [0.2, 0.25) is 0 Å². The van der Waals surface area contributed by atoms with Gasteiger partial charge in [0.25, 0.3) is 5.17 Å². The summed E-state index contributed by atoms with van der Waals surface area (Å²) < 4.78 is 1.91. The number of thioether (sulfide) groups is 1. The van der Waals surface area contributed by atoms with Crippen LogP contribution < -0.4 is 16.0 Å². The molecule has 0 aliphatic rings. The van der Waals surface area contributed by atoms with Crippen molar-refractivity contribution in [1.82, 2.24) is 5.32 Å². The maximum atomic E-state index is 13.7.